The number of hydrogen-bond donors (Lipinski definition) is 1. The lowest BCUT2D eigenvalue weighted by molar-refractivity contribution is -0.117. The van der Waals surface area contributed by atoms with E-state index < -0.39 is 5.91 Å². The first-order valence-electron chi connectivity index (χ1n) is 7.47. The summed E-state index contributed by atoms with van der Waals surface area (Å²) < 4.78 is 1.80. The summed E-state index contributed by atoms with van der Waals surface area (Å²) in [6, 6.07) is 12.3. The molecule has 0 atom stereocenters. The number of thioether (sulfide) groups is 1. The zero-order valence-corrected chi connectivity index (χ0v) is 14.2. The van der Waals surface area contributed by atoms with Gasteiger partial charge in [-0.2, -0.15) is 0 Å². The summed E-state index contributed by atoms with van der Waals surface area (Å²) in [4.78, 5) is 27.9. The monoisotopic (exact) mass is 353 g/mol. The molecule has 0 unspecified atom stereocenters. The number of hydrogen-bond acceptors (Lipinski definition) is 6. The number of amides is 2. The van der Waals surface area contributed by atoms with Gasteiger partial charge in [-0.05, 0) is 24.3 Å². The number of carbonyl (C=O) groups excluding carboxylic acids is 2. The van der Waals surface area contributed by atoms with Gasteiger partial charge in [0, 0.05) is 30.6 Å². The second-order valence-corrected chi connectivity index (χ2v) is 6.08. The zero-order valence-electron chi connectivity index (χ0n) is 13.4. The largest absolute Gasteiger partial charge is 0.305 e. The molecule has 0 saturated carbocycles. The molecule has 0 bridgehead atoms. The number of benzene rings is 1. The molecule has 3 rings (SSSR count). The second-order valence-electron chi connectivity index (χ2n) is 5.13. The normalized spacial score (nSPS) is 10.4. The van der Waals surface area contributed by atoms with Crippen LogP contribution in [0.15, 0.2) is 60.0 Å². The average Bonchev–Trinajstić information content (AvgIpc) is 3.02. The van der Waals surface area contributed by atoms with Gasteiger partial charge in [-0.15, -0.1) is 10.2 Å². The van der Waals surface area contributed by atoms with Crippen LogP contribution in [0.25, 0.3) is 11.4 Å². The molecule has 0 fully saturated rings. The number of aromatic nitrogens is 4. The highest BCUT2D eigenvalue weighted by Gasteiger charge is 2.14. The number of nitrogens with one attached hydrogen (secondary N) is 1. The summed E-state index contributed by atoms with van der Waals surface area (Å²) in [5.74, 6) is -0.0411. The highest BCUT2D eigenvalue weighted by Crippen LogP contribution is 2.21. The van der Waals surface area contributed by atoms with Crippen LogP contribution in [0.1, 0.15) is 10.4 Å². The van der Waals surface area contributed by atoms with E-state index in [9.17, 15) is 9.59 Å². The first-order chi connectivity index (χ1) is 12.1. The number of rotatable bonds is 5. The molecule has 25 heavy (non-hydrogen) atoms. The Kier molecular flexibility index (Phi) is 5.20. The molecular weight excluding hydrogens is 338 g/mol. The van der Waals surface area contributed by atoms with Crippen LogP contribution in [0.2, 0.25) is 0 Å². The Balaban J connectivity index is 1.60. The summed E-state index contributed by atoms with van der Waals surface area (Å²) in [6.45, 7) is 0. The maximum Gasteiger partial charge on any atom is 0.257 e. The lowest BCUT2D eigenvalue weighted by Gasteiger charge is -2.05. The Morgan fingerprint density at radius 3 is 2.52 bits per heavy atom. The summed E-state index contributed by atoms with van der Waals surface area (Å²) in [6.07, 6.45) is 3.36. The van der Waals surface area contributed by atoms with Crippen LogP contribution in [-0.2, 0) is 11.8 Å². The molecule has 0 aliphatic rings. The molecule has 2 heterocycles. The lowest BCUT2D eigenvalue weighted by atomic mass is 10.2. The topological polar surface area (TPSA) is 89.8 Å². The predicted octanol–water partition coefficient (Wildman–Crippen LogP) is 1.93. The molecule has 8 heteroatoms. The van der Waals surface area contributed by atoms with Crippen LogP contribution in [0.4, 0.5) is 0 Å². The fraction of sp³-hybridized carbons (Fsp3) is 0.118. The van der Waals surface area contributed by atoms with Gasteiger partial charge in [0.05, 0.1) is 5.75 Å². The van der Waals surface area contributed by atoms with Crippen molar-refractivity contribution in [3.8, 4) is 11.4 Å². The molecule has 2 aromatic heterocycles. The van der Waals surface area contributed by atoms with Crippen molar-refractivity contribution in [2.75, 3.05) is 5.75 Å². The van der Waals surface area contributed by atoms with Crippen LogP contribution in [0.5, 0.6) is 0 Å². The average molecular weight is 353 g/mol. The molecule has 1 N–H and O–H groups in total. The van der Waals surface area contributed by atoms with Gasteiger partial charge in [-0.1, -0.05) is 30.0 Å². The third-order valence-corrected chi connectivity index (χ3v) is 4.41. The van der Waals surface area contributed by atoms with Gasteiger partial charge in [-0.3, -0.25) is 19.9 Å². The van der Waals surface area contributed by atoms with Gasteiger partial charge in [0.25, 0.3) is 5.91 Å². The fourth-order valence-corrected chi connectivity index (χ4v) is 2.86. The SMILES string of the molecule is Cn1c(SCC(=O)NC(=O)c2ccccc2)nnc1-c1ccncc1. The number of carbonyl (C=O) groups is 2. The Hall–Kier alpha value is -3.00. The second kappa shape index (κ2) is 7.71. The van der Waals surface area contributed by atoms with Crippen molar-refractivity contribution in [3.05, 3.63) is 60.4 Å². The van der Waals surface area contributed by atoms with Gasteiger partial charge in [0.15, 0.2) is 11.0 Å². The van der Waals surface area contributed by atoms with Crippen LogP contribution in [0.3, 0.4) is 0 Å². The van der Waals surface area contributed by atoms with Gasteiger partial charge < -0.3 is 4.57 Å². The van der Waals surface area contributed by atoms with Crippen molar-refractivity contribution in [1.29, 1.82) is 0 Å². The molecule has 0 aliphatic heterocycles. The minimum Gasteiger partial charge on any atom is -0.305 e. The van der Waals surface area contributed by atoms with E-state index in [1.807, 2.05) is 25.2 Å². The van der Waals surface area contributed by atoms with E-state index in [1.54, 1.807) is 41.2 Å². The van der Waals surface area contributed by atoms with Gasteiger partial charge >= 0.3 is 0 Å². The van der Waals surface area contributed by atoms with Gasteiger partial charge in [0.2, 0.25) is 5.91 Å². The van der Waals surface area contributed by atoms with Crippen LogP contribution in [-0.4, -0.2) is 37.3 Å². The molecule has 0 aliphatic carbocycles. The molecule has 3 aromatic rings. The zero-order chi connectivity index (χ0) is 17.6. The van der Waals surface area contributed by atoms with Crippen molar-refractivity contribution in [2.24, 2.45) is 7.05 Å². The van der Waals surface area contributed by atoms with Crippen molar-refractivity contribution in [1.82, 2.24) is 25.1 Å². The van der Waals surface area contributed by atoms with Crippen LogP contribution >= 0.6 is 11.8 Å². The van der Waals surface area contributed by atoms with E-state index >= 15 is 0 Å². The molecule has 0 radical (unpaired) electrons. The van der Waals surface area contributed by atoms with Crippen LogP contribution in [0, 0.1) is 0 Å². The molecule has 0 saturated heterocycles. The van der Waals surface area contributed by atoms with E-state index in [-0.39, 0.29) is 11.7 Å². The molecule has 2 amide bonds. The smallest absolute Gasteiger partial charge is 0.257 e. The number of nitrogens with zero attached hydrogens (tertiary/aromatic N) is 4. The van der Waals surface area contributed by atoms with Gasteiger partial charge in [-0.25, -0.2) is 0 Å². The summed E-state index contributed by atoms with van der Waals surface area (Å²) in [7, 11) is 1.82. The van der Waals surface area contributed by atoms with E-state index in [0.717, 1.165) is 5.56 Å². The maximum absolute atomic E-state index is 12.0. The van der Waals surface area contributed by atoms with Crippen molar-refractivity contribution in [2.45, 2.75) is 5.16 Å². The Morgan fingerprint density at radius 1 is 1.08 bits per heavy atom. The number of pyridine rings is 1. The third-order valence-electron chi connectivity index (χ3n) is 3.39. The predicted molar refractivity (Wildman–Crippen MR) is 93.9 cm³/mol. The van der Waals surface area contributed by atoms with Crippen LogP contribution < -0.4 is 5.32 Å². The van der Waals surface area contributed by atoms with Crippen molar-refractivity contribution < 1.29 is 9.59 Å². The first kappa shape index (κ1) is 16.8. The maximum atomic E-state index is 12.0. The van der Waals surface area contributed by atoms with E-state index in [1.165, 1.54) is 11.8 Å². The Labute approximate surface area is 148 Å². The highest BCUT2D eigenvalue weighted by atomic mass is 32.2. The molecule has 126 valence electrons. The molecule has 7 nitrogen and oxygen atoms in total. The minimum atomic E-state index is -0.415. The quantitative estimate of drug-likeness (QED) is 0.705. The Bertz CT molecular complexity index is 881. The van der Waals surface area contributed by atoms with Gasteiger partial charge in [0.1, 0.15) is 0 Å². The molecule has 0 spiro atoms. The van der Waals surface area contributed by atoms with Crippen molar-refractivity contribution >= 4 is 23.6 Å². The summed E-state index contributed by atoms with van der Waals surface area (Å²) in [5.41, 5.74) is 1.33. The van der Waals surface area contributed by atoms with E-state index in [0.29, 0.717) is 16.5 Å². The standard InChI is InChI=1S/C17H15N5O2S/c1-22-15(12-7-9-18-10-8-12)20-21-17(22)25-11-14(23)19-16(24)13-5-3-2-4-6-13/h2-10H,11H2,1H3,(H,19,23,24). The fourth-order valence-electron chi connectivity index (χ4n) is 2.15. The third kappa shape index (κ3) is 4.10. The molecular formula is C17H15N5O2S. The van der Waals surface area contributed by atoms with E-state index in [4.69, 9.17) is 0 Å². The number of imide groups is 1. The summed E-state index contributed by atoms with van der Waals surface area (Å²) >= 11 is 1.22. The minimum absolute atomic E-state index is 0.0703. The lowest BCUT2D eigenvalue weighted by Crippen LogP contribution is -2.31. The highest BCUT2D eigenvalue weighted by molar-refractivity contribution is 7.99. The molecule has 1 aromatic carbocycles. The summed E-state index contributed by atoms with van der Waals surface area (Å²) in [5, 5.41) is 11.2. The van der Waals surface area contributed by atoms with E-state index in [2.05, 4.69) is 20.5 Å². The first-order valence-corrected chi connectivity index (χ1v) is 8.45. The Morgan fingerprint density at radius 2 is 1.80 bits per heavy atom. The van der Waals surface area contributed by atoms with Crippen molar-refractivity contribution in [3.63, 3.8) is 0 Å².